The fourth-order valence-corrected chi connectivity index (χ4v) is 2.57. The molecule has 1 aliphatic rings. The van der Waals surface area contributed by atoms with Gasteiger partial charge in [0.2, 0.25) is 0 Å². The highest BCUT2D eigenvalue weighted by Gasteiger charge is 2.23. The van der Waals surface area contributed by atoms with Crippen molar-refractivity contribution >= 4 is 0 Å². The predicted octanol–water partition coefficient (Wildman–Crippen LogP) is 1.98. The van der Waals surface area contributed by atoms with Crippen molar-refractivity contribution in [3.05, 3.63) is 0 Å². The third-order valence-electron chi connectivity index (χ3n) is 3.57. The van der Waals surface area contributed by atoms with Gasteiger partial charge in [-0.3, -0.25) is 0 Å². The summed E-state index contributed by atoms with van der Waals surface area (Å²) >= 11 is 0. The van der Waals surface area contributed by atoms with E-state index in [0.717, 1.165) is 19.1 Å². The van der Waals surface area contributed by atoms with Gasteiger partial charge in [0.25, 0.3) is 0 Å². The van der Waals surface area contributed by atoms with Gasteiger partial charge in [0.05, 0.1) is 0 Å². The van der Waals surface area contributed by atoms with Crippen LogP contribution in [0.5, 0.6) is 0 Å². The van der Waals surface area contributed by atoms with Crippen LogP contribution in [0.3, 0.4) is 0 Å². The van der Waals surface area contributed by atoms with Crippen molar-refractivity contribution in [3.63, 3.8) is 0 Å². The van der Waals surface area contributed by atoms with E-state index >= 15 is 0 Å². The van der Waals surface area contributed by atoms with E-state index in [1.54, 1.807) is 0 Å². The Kier molecular flexibility index (Phi) is 7.09. The van der Waals surface area contributed by atoms with Crippen molar-refractivity contribution in [1.29, 1.82) is 0 Å². The third-order valence-corrected chi connectivity index (χ3v) is 3.57. The van der Waals surface area contributed by atoms with Crippen LogP contribution in [0.2, 0.25) is 0 Å². The minimum atomic E-state index is 0.654. The fraction of sp³-hybridized carbons (Fsp3) is 1.00. The fourth-order valence-electron chi connectivity index (χ4n) is 2.57. The Balaban J connectivity index is 2.05. The quantitative estimate of drug-likeness (QED) is 0.691. The van der Waals surface area contributed by atoms with Gasteiger partial charge in [-0.05, 0) is 38.3 Å². The lowest BCUT2D eigenvalue weighted by Crippen LogP contribution is -2.47. The van der Waals surface area contributed by atoms with Crippen molar-refractivity contribution in [2.45, 2.75) is 39.7 Å². The van der Waals surface area contributed by atoms with Gasteiger partial charge < -0.3 is 15.0 Å². The van der Waals surface area contributed by atoms with Gasteiger partial charge in [-0.1, -0.05) is 20.8 Å². The molecule has 0 aromatic heterocycles. The molecule has 1 aliphatic heterocycles. The molecule has 3 nitrogen and oxygen atoms in total. The normalized spacial score (nSPS) is 26.6. The number of nitrogens with one attached hydrogen (secondary N) is 1. The Hall–Kier alpha value is -0.120. The first-order chi connectivity index (χ1) is 8.13. The molecule has 1 fully saturated rings. The van der Waals surface area contributed by atoms with E-state index in [4.69, 9.17) is 4.74 Å². The van der Waals surface area contributed by atoms with Crippen LogP contribution in [0, 0.1) is 11.8 Å². The molecule has 17 heavy (non-hydrogen) atoms. The average Bonchev–Trinajstić information content (AvgIpc) is 2.28. The molecule has 1 heterocycles. The minimum Gasteiger partial charge on any atom is -0.381 e. The standard InChI is InChI=1S/C14H30N2O/c1-12(2)11-17-9-5-7-16-8-6-14(15-4)13(3)10-16/h12-15H,5-11H2,1-4H3. The first kappa shape index (κ1) is 14.9. The lowest BCUT2D eigenvalue weighted by molar-refractivity contribution is 0.0889. The minimum absolute atomic E-state index is 0.654. The van der Waals surface area contributed by atoms with E-state index in [1.807, 2.05) is 0 Å². The van der Waals surface area contributed by atoms with Gasteiger partial charge in [-0.15, -0.1) is 0 Å². The second-order valence-electron chi connectivity index (χ2n) is 5.78. The molecule has 2 atom stereocenters. The van der Waals surface area contributed by atoms with Crippen molar-refractivity contribution in [3.8, 4) is 0 Å². The predicted molar refractivity (Wildman–Crippen MR) is 73.3 cm³/mol. The molecule has 0 amide bonds. The van der Waals surface area contributed by atoms with E-state index < -0.39 is 0 Å². The summed E-state index contributed by atoms with van der Waals surface area (Å²) in [5, 5.41) is 3.41. The van der Waals surface area contributed by atoms with Crippen LogP contribution in [0.25, 0.3) is 0 Å². The second-order valence-corrected chi connectivity index (χ2v) is 5.78. The zero-order valence-electron chi connectivity index (χ0n) is 12.0. The summed E-state index contributed by atoms with van der Waals surface area (Å²) < 4.78 is 5.62. The lowest BCUT2D eigenvalue weighted by Gasteiger charge is -2.36. The van der Waals surface area contributed by atoms with E-state index in [0.29, 0.717) is 12.0 Å². The number of ether oxygens (including phenoxy) is 1. The van der Waals surface area contributed by atoms with Crippen molar-refractivity contribution in [1.82, 2.24) is 10.2 Å². The molecule has 0 aromatic rings. The highest BCUT2D eigenvalue weighted by molar-refractivity contribution is 4.81. The molecule has 0 saturated carbocycles. The molecule has 102 valence electrons. The van der Waals surface area contributed by atoms with Gasteiger partial charge in [0.15, 0.2) is 0 Å². The largest absolute Gasteiger partial charge is 0.381 e. The van der Waals surface area contributed by atoms with E-state index in [2.05, 4.69) is 38.0 Å². The molecule has 1 rings (SSSR count). The Morgan fingerprint density at radius 2 is 2.18 bits per heavy atom. The van der Waals surface area contributed by atoms with Crippen LogP contribution >= 0.6 is 0 Å². The molecular weight excluding hydrogens is 212 g/mol. The van der Waals surface area contributed by atoms with E-state index in [-0.39, 0.29) is 0 Å². The molecule has 0 radical (unpaired) electrons. The summed E-state index contributed by atoms with van der Waals surface area (Å²) in [6.45, 7) is 12.2. The number of hydrogen-bond donors (Lipinski definition) is 1. The van der Waals surface area contributed by atoms with Crippen LogP contribution in [0.4, 0.5) is 0 Å². The Bertz CT molecular complexity index is 197. The number of piperidine rings is 1. The van der Waals surface area contributed by atoms with Gasteiger partial charge >= 0.3 is 0 Å². The molecule has 0 spiro atoms. The Labute approximate surface area is 107 Å². The molecule has 3 heteroatoms. The highest BCUT2D eigenvalue weighted by Crippen LogP contribution is 2.16. The van der Waals surface area contributed by atoms with Crippen LogP contribution in [-0.4, -0.2) is 50.8 Å². The second kappa shape index (κ2) is 8.06. The summed E-state index contributed by atoms with van der Waals surface area (Å²) in [7, 11) is 2.08. The maximum Gasteiger partial charge on any atom is 0.0489 e. The number of nitrogens with zero attached hydrogens (tertiary/aromatic N) is 1. The Morgan fingerprint density at radius 3 is 2.76 bits per heavy atom. The van der Waals surface area contributed by atoms with Gasteiger partial charge in [-0.25, -0.2) is 0 Å². The van der Waals surface area contributed by atoms with Crippen molar-refractivity contribution < 1.29 is 4.74 Å². The Morgan fingerprint density at radius 1 is 1.41 bits per heavy atom. The van der Waals surface area contributed by atoms with Crippen molar-refractivity contribution in [2.75, 3.05) is 39.9 Å². The molecule has 2 unspecified atom stereocenters. The zero-order chi connectivity index (χ0) is 12.7. The van der Waals surface area contributed by atoms with E-state index in [1.165, 1.54) is 32.5 Å². The smallest absolute Gasteiger partial charge is 0.0489 e. The van der Waals surface area contributed by atoms with Crippen LogP contribution in [-0.2, 0) is 4.74 Å². The molecule has 1 saturated heterocycles. The number of hydrogen-bond acceptors (Lipinski definition) is 3. The molecule has 0 aliphatic carbocycles. The van der Waals surface area contributed by atoms with Crippen LogP contribution in [0.1, 0.15) is 33.6 Å². The summed E-state index contributed by atoms with van der Waals surface area (Å²) in [5.74, 6) is 1.42. The van der Waals surface area contributed by atoms with Gasteiger partial charge in [0.1, 0.15) is 0 Å². The summed E-state index contributed by atoms with van der Waals surface area (Å²) in [6, 6.07) is 0.712. The highest BCUT2D eigenvalue weighted by atomic mass is 16.5. The molecule has 0 bridgehead atoms. The first-order valence-corrected chi connectivity index (χ1v) is 7.10. The third kappa shape index (κ3) is 5.84. The SMILES string of the molecule is CNC1CCN(CCCOCC(C)C)CC1C. The van der Waals surface area contributed by atoms with E-state index in [9.17, 15) is 0 Å². The maximum atomic E-state index is 5.62. The summed E-state index contributed by atoms with van der Waals surface area (Å²) in [5.41, 5.74) is 0. The zero-order valence-corrected chi connectivity index (χ0v) is 12.0. The number of rotatable bonds is 7. The molecule has 0 aromatic carbocycles. The topological polar surface area (TPSA) is 24.5 Å². The van der Waals surface area contributed by atoms with Gasteiger partial charge in [0, 0.05) is 32.3 Å². The van der Waals surface area contributed by atoms with Crippen LogP contribution in [0.15, 0.2) is 0 Å². The lowest BCUT2D eigenvalue weighted by atomic mass is 9.94. The van der Waals surface area contributed by atoms with Crippen LogP contribution < -0.4 is 5.32 Å². The average molecular weight is 242 g/mol. The van der Waals surface area contributed by atoms with Gasteiger partial charge in [-0.2, -0.15) is 0 Å². The summed E-state index contributed by atoms with van der Waals surface area (Å²) in [6.07, 6.45) is 2.45. The molecule has 1 N–H and O–H groups in total. The number of likely N-dealkylation sites (tertiary alicyclic amines) is 1. The van der Waals surface area contributed by atoms with Crippen molar-refractivity contribution in [2.24, 2.45) is 11.8 Å². The maximum absolute atomic E-state index is 5.62. The molecular formula is C14H30N2O. The first-order valence-electron chi connectivity index (χ1n) is 7.10. The monoisotopic (exact) mass is 242 g/mol. The summed E-state index contributed by atoms with van der Waals surface area (Å²) in [4.78, 5) is 2.58.